The van der Waals surface area contributed by atoms with E-state index in [4.69, 9.17) is 0 Å². The van der Waals surface area contributed by atoms with E-state index in [-0.39, 0.29) is 127 Å². The van der Waals surface area contributed by atoms with Gasteiger partial charge < -0.3 is 40.4 Å². The number of carbonyl (C=O) groups is 4. The Hall–Kier alpha value is -6.73. The molecule has 0 saturated carbocycles. The lowest BCUT2D eigenvalue weighted by molar-refractivity contribution is -0.164. The normalized spacial score (nSPS) is 17.8. The summed E-state index contributed by atoms with van der Waals surface area (Å²) in [5.41, 5.74) is -13.9. The molecule has 25 heteroatoms. The summed E-state index contributed by atoms with van der Waals surface area (Å²) in [7, 11) is 0. The highest BCUT2D eigenvalue weighted by Gasteiger charge is 2.50. The van der Waals surface area contributed by atoms with E-state index >= 15 is 52.7 Å². The summed E-state index contributed by atoms with van der Waals surface area (Å²) in [5, 5.41) is 25.1. The quantitative estimate of drug-likeness (QED) is 0.0794. The Kier molecular flexibility index (Phi) is 17.4. The number of amides is 2. The Bertz CT molecular complexity index is 2810. The van der Waals surface area contributed by atoms with Gasteiger partial charge in [0.05, 0.1) is 34.1 Å². The number of benzene rings is 4. The van der Waals surface area contributed by atoms with E-state index < -0.39 is 126 Å². The Morgan fingerprint density at radius 2 is 0.810 bits per heavy atom. The van der Waals surface area contributed by atoms with E-state index in [0.717, 1.165) is 0 Å². The van der Waals surface area contributed by atoms with Crippen molar-refractivity contribution in [2.45, 2.75) is 60.2 Å². The number of piperidine rings is 2. The highest BCUT2D eigenvalue weighted by atomic mass is 32.2. The molecular formula is C54H52F12N6O6S. The largest absolute Gasteiger partial charge is 0.481 e. The Balaban J connectivity index is 1.40. The smallest absolute Gasteiger partial charge is 0.418 e. The average molecular weight is 1140 g/mol. The molecule has 0 unspecified atom stereocenters. The molecule has 4 N–H and O–H groups in total. The molecule has 79 heavy (non-hydrogen) atoms. The molecule has 4 heterocycles. The Morgan fingerprint density at radius 3 is 1.11 bits per heavy atom. The molecule has 12 nitrogen and oxygen atoms in total. The van der Waals surface area contributed by atoms with Crippen molar-refractivity contribution in [3.05, 3.63) is 106 Å². The Morgan fingerprint density at radius 1 is 0.481 bits per heavy atom. The van der Waals surface area contributed by atoms with Gasteiger partial charge in [0.1, 0.15) is 0 Å². The lowest BCUT2D eigenvalue weighted by Gasteiger charge is -2.32. The van der Waals surface area contributed by atoms with Crippen molar-refractivity contribution >= 4 is 59.0 Å². The second kappa shape index (κ2) is 23.5. The van der Waals surface area contributed by atoms with E-state index in [2.05, 4.69) is 10.6 Å². The average Bonchev–Trinajstić information content (AvgIpc) is 3.43. The molecule has 0 atom stereocenters. The summed E-state index contributed by atoms with van der Waals surface area (Å²) >= 11 is -0.630. The van der Waals surface area contributed by atoms with Crippen LogP contribution < -0.4 is 20.4 Å². The van der Waals surface area contributed by atoms with Gasteiger partial charge in [-0.15, -0.1) is 0 Å². The molecule has 0 bridgehead atoms. The lowest BCUT2D eigenvalue weighted by atomic mass is 9.89. The van der Waals surface area contributed by atoms with Gasteiger partial charge in [-0.05, 0) is 108 Å². The number of alkyl halides is 12. The van der Waals surface area contributed by atoms with Crippen molar-refractivity contribution in [3.63, 3.8) is 0 Å². The number of hydrogen-bond donors (Lipinski definition) is 4. The van der Waals surface area contributed by atoms with Crippen molar-refractivity contribution in [1.82, 2.24) is 20.4 Å². The molecule has 4 aliphatic heterocycles. The first-order valence-corrected chi connectivity index (χ1v) is 25.9. The van der Waals surface area contributed by atoms with E-state index in [1.54, 1.807) is 9.80 Å². The molecule has 4 fully saturated rings. The number of anilines is 2. The molecule has 8 rings (SSSR count). The molecular weight excluding hydrogens is 1090 g/mol. The van der Waals surface area contributed by atoms with Gasteiger partial charge in [-0.25, -0.2) is 0 Å². The number of piperazine rings is 2. The SMILES string of the molecule is O=C(O)C1CCN(c2cccc(-c3cc(Sc4cc(-c5cccc(N6CCC(C(=O)O)CC6)c5)c(C=CC(=O)N5CCNCC5)c(C(F)(F)F)c4C(F)(F)F)c(C(F)(F)F)c(C(F)(F)F)c3C=CC(=O)N3CCNCC3)c2)CC1. The van der Waals surface area contributed by atoms with Crippen LogP contribution in [0.1, 0.15) is 59.1 Å². The number of carbonyl (C=O) groups excluding carboxylic acids is 2. The van der Waals surface area contributed by atoms with E-state index in [1.165, 1.54) is 58.3 Å². The van der Waals surface area contributed by atoms with Crippen LogP contribution in [0, 0.1) is 11.8 Å². The fourth-order valence-corrected chi connectivity index (χ4v) is 11.6. The number of carboxylic acid groups (broad SMARTS) is 2. The standard InChI is InChI=1S/C54H52F12N6O6S/c55-51(56,57)45-37(7-9-43(73)71-23-15-67-16-24-71)39(33-3-1-5-35(27-33)69-19-11-31(12-20-69)49(75)76)29-41(47(45)53(61,62)63)79-42-30-40(34-4-2-6-36(28-34)70-21-13-32(14-22-70)50(77)78)38(8-10-44(74)72-25-17-68-18-26-72)46(52(58,59)60)48(42)54(64,65)66/h1-10,27-32,67-68H,11-26H2,(H,75,76)(H,77,78). The fraction of sp³-hybridized carbons (Fsp3) is 0.407. The van der Waals surface area contributed by atoms with E-state index in [0.29, 0.717) is 36.4 Å². The van der Waals surface area contributed by atoms with Gasteiger partial charge in [0.2, 0.25) is 11.8 Å². The minimum Gasteiger partial charge on any atom is -0.481 e. The first-order chi connectivity index (χ1) is 37.2. The monoisotopic (exact) mass is 1140 g/mol. The maximum absolute atomic E-state index is 15.9. The molecule has 4 aromatic carbocycles. The van der Waals surface area contributed by atoms with Crippen LogP contribution in [0.3, 0.4) is 0 Å². The van der Waals surface area contributed by atoms with Crippen LogP contribution in [-0.2, 0) is 43.9 Å². The second-order valence-electron chi connectivity index (χ2n) is 19.4. The van der Waals surface area contributed by atoms with Crippen LogP contribution >= 0.6 is 11.8 Å². The molecule has 4 aromatic rings. The number of rotatable bonds is 12. The number of halogens is 12. The minimum absolute atomic E-state index is 0.0758. The maximum atomic E-state index is 15.9. The van der Waals surface area contributed by atoms with E-state index in [9.17, 15) is 29.4 Å². The predicted octanol–water partition coefficient (Wildman–Crippen LogP) is 10.7. The third-order valence-corrected chi connectivity index (χ3v) is 15.5. The van der Waals surface area contributed by atoms with Crippen molar-refractivity contribution < 1.29 is 82.1 Å². The first-order valence-electron chi connectivity index (χ1n) is 25.1. The van der Waals surface area contributed by atoms with Gasteiger partial charge in [-0.1, -0.05) is 36.0 Å². The number of nitrogens with zero attached hydrogens (tertiary/aromatic N) is 4. The fourth-order valence-electron chi connectivity index (χ4n) is 10.4. The summed E-state index contributed by atoms with van der Waals surface area (Å²) in [6.45, 7) is 1.92. The Labute approximate surface area is 449 Å². The molecule has 4 aliphatic rings. The van der Waals surface area contributed by atoms with Crippen molar-refractivity contribution in [1.29, 1.82) is 0 Å². The van der Waals surface area contributed by atoms with Crippen molar-refractivity contribution in [3.8, 4) is 22.3 Å². The molecule has 4 saturated heterocycles. The third-order valence-electron chi connectivity index (χ3n) is 14.4. The summed E-state index contributed by atoms with van der Waals surface area (Å²) in [6, 6.07) is 11.6. The molecule has 2 amide bonds. The van der Waals surface area contributed by atoms with Crippen LogP contribution in [0.2, 0.25) is 0 Å². The number of aliphatic carboxylic acids is 2. The molecule has 424 valence electrons. The van der Waals surface area contributed by atoms with Gasteiger partial charge in [-0.2, -0.15) is 52.7 Å². The van der Waals surface area contributed by atoms with Gasteiger partial charge >= 0.3 is 36.6 Å². The highest BCUT2D eigenvalue weighted by Crippen LogP contribution is 2.55. The van der Waals surface area contributed by atoms with Crippen LogP contribution in [0.15, 0.2) is 82.6 Å². The van der Waals surface area contributed by atoms with Crippen LogP contribution in [0.5, 0.6) is 0 Å². The zero-order chi connectivity index (χ0) is 57.2. The van der Waals surface area contributed by atoms with Crippen molar-refractivity contribution in [2.24, 2.45) is 11.8 Å². The van der Waals surface area contributed by atoms with Gasteiger partial charge in [0.25, 0.3) is 0 Å². The summed E-state index contributed by atoms with van der Waals surface area (Å²) in [5.74, 6) is -5.36. The molecule has 0 aliphatic carbocycles. The summed E-state index contributed by atoms with van der Waals surface area (Å²) in [4.78, 5) is 53.0. The highest BCUT2D eigenvalue weighted by molar-refractivity contribution is 7.99. The first kappa shape index (κ1) is 58.4. The van der Waals surface area contributed by atoms with Gasteiger partial charge in [-0.3, -0.25) is 19.2 Å². The van der Waals surface area contributed by atoms with Crippen LogP contribution in [-0.4, -0.2) is 122 Å². The minimum atomic E-state index is -6.09. The zero-order valence-corrected chi connectivity index (χ0v) is 42.6. The molecule has 0 radical (unpaired) electrons. The summed E-state index contributed by atoms with van der Waals surface area (Å²) in [6.07, 6.45) is -21.3. The van der Waals surface area contributed by atoms with Crippen LogP contribution in [0.25, 0.3) is 34.4 Å². The molecule has 0 spiro atoms. The van der Waals surface area contributed by atoms with Crippen LogP contribution in [0.4, 0.5) is 64.1 Å². The van der Waals surface area contributed by atoms with Gasteiger partial charge in [0, 0.05) is 112 Å². The van der Waals surface area contributed by atoms with E-state index in [1.807, 2.05) is 0 Å². The summed E-state index contributed by atoms with van der Waals surface area (Å²) < 4.78 is 190. The lowest BCUT2D eigenvalue weighted by Crippen LogP contribution is -2.45. The van der Waals surface area contributed by atoms with Crippen molar-refractivity contribution in [2.75, 3.05) is 88.3 Å². The number of carboxylic acids is 2. The topological polar surface area (TPSA) is 146 Å². The number of nitrogens with one attached hydrogen (secondary N) is 2. The predicted molar refractivity (Wildman–Crippen MR) is 270 cm³/mol. The number of hydrogen-bond acceptors (Lipinski definition) is 9. The maximum Gasteiger partial charge on any atom is 0.418 e. The zero-order valence-electron chi connectivity index (χ0n) is 41.8. The third kappa shape index (κ3) is 13.5. The second-order valence-corrected chi connectivity index (χ2v) is 20.5. The molecule has 0 aromatic heterocycles. The van der Waals surface area contributed by atoms with Gasteiger partial charge in [0.15, 0.2) is 0 Å².